The molecular weight excluding hydrogens is 228 g/mol. The Morgan fingerprint density at radius 2 is 1.94 bits per heavy atom. The van der Waals surface area contributed by atoms with E-state index in [0.29, 0.717) is 18.0 Å². The number of carbonyl (C=O) groups excluding carboxylic acids is 1. The molecule has 4 nitrogen and oxygen atoms in total. The summed E-state index contributed by atoms with van der Waals surface area (Å²) in [7, 11) is 0. The van der Waals surface area contributed by atoms with E-state index in [1.54, 1.807) is 0 Å². The fourth-order valence-corrected chi connectivity index (χ4v) is 3.12. The first-order valence-corrected chi connectivity index (χ1v) is 7.48. The van der Waals surface area contributed by atoms with Gasteiger partial charge in [0.15, 0.2) is 0 Å². The molecule has 0 aromatic heterocycles. The van der Waals surface area contributed by atoms with Gasteiger partial charge in [0.2, 0.25) is 0 Å². The largest absolute Gasteiger partial charge is 0.381 e. The van der Waals surface area contributed by atoms with Gasteiger partial charge in [-0.15, -0.1) is 0 Å². The van der Waals surface area contributed by atoms with Gasteiger partial charge >= 0.3 is 6.03 Å². The van der Waals surface area contributed by atoms with E-state index in [1.165, 1.54) is 25.7 Å². The molecule has 0 spiro atoms. The van der Waals surface area contributed by atoms with E-state index in [-0.39, 0.29) is 6.03 Å². The second-order valence-corrected chi connectivity index (χ2v) is 6.04. The van der Waals surface area contributed by atoms with Crippen LogP contribution in [0.15, 0.2) is 0 Å². The Bertz CT molecular complexity index is 292. The summed E-state index contributed by atoms with van der Waals surface area (Å²) in [6.07, 6.45) is 8.35. The SMILES string of the molecule is O=C(NC1CCCC1)N(C[C@H]1CCOC1)C1CC1. The summed E-state index contributed by atoms with van der Waals surface area (Å²) in [5.74, 6) is 0.555. The number of ether oxygens (including phenoxy) is 1. The summed E-state index contributed by atoms with van der Waals surface area (Å²) in [4.78, 5) is 14.4. The molecule has 2 aliphatic carbocycles. The molecule has 1 atom stereocenters. The summed E-state index contributed by atoms with van der Waals surface area (Å²) < 4.78 is 5.41. The van der Waals surface area contributed by atoms with E-state index in [0.717, 1.165) is 39.0 Å². The van der Waals surface area contributed by atoms with E-state index in [2.05, 4.69) is 10.2 Å². The van der Waals surface area contributed by atoms with Gasteiger partial charge < -0.3 is 15.0 Å². The van der Waals surface area contributed by atoms with Crippen molar-refractivity contribution in [2.24, 2.45) is 5.92 Å². The van der Waals surface area contributed by atoms with Crippen LogP contribution in [0, 0.1) is 5.92 Å². The van der Waals surface area contributed by atoms with Crippen molar-refractivity contribution in [2.45, 2.75) is 57.0 Å². The van der Waals surface area contributed by atoms with E-state index < -0.39 is 0 Å². The maximum atomic E-state index is 12.3. The number of urea groups is 1. The molecule has 1 saturated heterocycles. The zero-order valence-corrected chi connectivity index (χ0v) is 11.1. The third-order valence-corrected chi connectivity index (χ3v) is 4.41. The van der Waals surface area contributed by atoms with Gasteiger partial charge in [0.1, 0.15) is 0 Å². The van der Waals surface area contributed by atoms with Crippen molar-refractivity contribution in [2.75, 3.05) is 19.8 Å². The average molecular weight is 252 g/mol. The van der Waals surface area contributed by atoms with Crippen molar-refractivity contribution in [1.29, 1.82) is 0 Å². The minimum absolute atomic E-state index is 0.177. The number of carbonyl (C=O) groups is 1. The van der Waals surface area contributed by atoms with E-state index in [4.69, 9.17) is 4.74 Å². The summed E-state index contributed by atoms with van der Waals surface area (Å²) in [5.41, 5.74) is 0. The lowest BCUT2D eigenvalue weighted by Gasteiger charge is -2.27. The first-order valence-electron chi connectivity index (χ1n) is 7.48. The van der Waals surface area contributed by atoms with Crippen LogP contribution in [0.3, 0.4) is 0 Å². The molecule has 0 bridgehead atoms. The third kappa shape index (κ3) is 2.97. The van der Waals surface area contributed by atoms with Crippen LogP contribution in [-0.2, 0) is 4.74 Å². The Morgan fingerprint density at radius 3 is 2.56 bits per heavy atom. The molecule has 0 aromatic rings. The quantitative estimate of drug-likeness (QED) is 0.833. The molecular formula is C14H24N2O2. The Kier molecular flexibility index (Phi) is 3.73. The summed E-state index contributed by atoms with van der Waals surface area (Å²) >= 11 is 0. The van der Waals surface area contributed by atoms with Crippen LogP contribution in [0.25, 0.3) is 0 Å². The lowest BCUT2D eigenvalue weighted by atomic mass is 10.1. The van der Waals surface area contributed by atoms with Crippen molar-refractivity contribution in [1.82, 2.24) is 10.2 Å². The maximum Gasteiger partial charge on any atom is 0.317 e. The number of hydrogen-bond donors (Lipinski definition) is 1. The normalized spacial score (nSPS) is 28.6. The molecule has 3 aliphatic rings. The lowest BCUT2D eigenvalue weighted by Crippen LogP contribution is -2.47. The number of nitrogens with one attached hydrogen (secondary N) is 1. The summed E-state index contributed by atoms with van der Waals surface area (Å²) in [6.45, 7) is 2.59. The van der Waals surface area contributed by atoms with Crippen LogP contribution in [0.2, 0.25) is 0 Å². The number of rotatable bonds is 4. The predicted molar refractivity (Wildman–Crippen MR) is 69.4 cm³/mol. The average Bonchev–Trinajstić information content (AvgIpc) is 2.87. The predicted octanol–water partition coefficient (Wildman–Crippen LogP) is 2.14. The molecule has 3 fully saturated rings. The summed E-state index contributed by atoms with van der Waals surface area (Å²) in [6, 6.07) is 1.11. The van der Waals surface area contributed by atoms with Gasteiger partial charge in [-0.1, -0.05) is 12.8 Å². The van der Waals surface area contributed by atoms with Crippen LogP contribution >= 0.6 is 0 Å². The fourth-order valence-electron chi connectivity index (χ4n) is 3.12. The van der Waals surface area contributed by atoms with Crippen LogP contribution in [0.4, 0.5) is 4.79 Å². The third-order valence-electron chi connectivity index (χ3n) is 4.41. The van der Waals surface area contributed by atoms with Crippen LogP contribution < -0.4 is 5.32 Å². The second-order valence-electron chi connectivity index (χ2n) is 6.04. The van der Waals surface area contributed by atoms with Crippen LogP contribution in [0.1, 0.15) is 44.9 Å². The molecule has 0 aromatic carbocycles. The van der Waals surface area contributed by atoms with Gasteiger partial charge in [-0.2, -0.15) is 0 Å². The van der Waals surface area contributed by atoms with E-state index in [1.807, 2.05) is 0 Å². The zero-order chi connectivity index (χ0) is 12.4. The Morgan fingerprint density at radius 1 is 1.17 bits per heavy atom. The highest BCUT2D eigenvalue weighted by atomic mass is 16.5. The van der Waals surface area contributed by atoms with Crippen molar-refractivity contribution in [3.63, 3.8) is 0 Å². The highest BCUT2D eigenvalue weighted by molar-refractivity contribution is 5.75. The smallest absolute Gasteiger partial charge is 0.317 e. The Hall–Kier alpha value is -0.770. The van der Waals surface area contributed by atoms with Crippen molar-refractivity contribution in [3.8, 4) is 0 Å². The standard InChI is InChI=1S/C14H24N2O2/c17-14(15-12-3-1-2-4-12)16(13-5-6-13)9-11-7-8-18-10-11/h11-13H,1-10H2,(H,15,17)/t11-/m1/s1. The molecule has 3 rings (SSSR count). The van der Waals surface area contributed by atoms with Gasteiger partial charge in [0, 0.05) is 31.2 Å². The van der Waals surface area contributed by atoms with Gasteiger partial charge in [0.05, 0.1) is 6.61 Å². The number of hydrogen-bond acceptors (Lipinski definition) is 2. The van der Waals surface area contributed by atoms with Crippen molar-refractivity contribution >= 4 is 6.03 Å². The Balaban J connectivity index is 1.52. The van der Waals surface area contributed by atoms with Crippen LogP contribution in [-0.4, -0.2) is 42.8 Å². The molecule has 102 valence electrons. The minimum atomic E-state index is 0.177. The summed E-state index contributed by atoms with van der Waals surface area (Å²) in [5, 5.41) is 3.22. The lowest BCUT2D eigenvalue weighted by molar-refractivity contribution is 0.160. The fraction of sp³-hybridized carbons (Fsp3) is 0.929. The molecule has 2 amide bonds. The molecule has 2 saturated carbocycles. The van der Waals surface area contributed by atoms with Gasteiger partial charge in [-0.05, 0) is 32.1 Å². The molecule has 0 radical (unpaired) electrons. The monoisotopic (exact) mass is 252 g/mol. The maximum absolute atomic E-state index is 12.3. The highest BCUT2D eigenvalue weighted by Gasteiger charge is 2.35. The minimum Gasteiger partial charge on any atom is -0.381 e. The van der Waals surface area contributed by atoms with E-state index in [9.17, 15) is 4.79 Å². The van der Waals surface area contributed by atoms with Crippen LogP contribution in [0.5, 0.6) is 0 Å². The van der Waals surface area contributed by atoms with Gasteiger partial charge in [-0.25, -0.2) is 4.79 Å². The number of amides is 2. The zero-order valence-electron chi connectivity index (χ0n) is 11.1. The first-order chi connectivity index (χ1) is 8.83. The molecule has 1 N–H and O–H groups in total. The molecule has 0 unspecified atom stereocenters. The molecule has 1 aliphatic heterocycles. The van der Waals surface area contributed by atoms with E-state index >= 15 is 0 Å². The molecule has 18 heavy (non-hydrogen) atoms. The van der Waals surface area contributed by atoms with Gasteiger partial charge in [-0.3, -0.25) is 0 Å². The topological polar surface area (TPSA) is 41.6 Å². The first kappa shape index (κ1) is 12.3. The highest BCUT2D eigenvalue weighted by Crippen LogP contribution is 2.29. The second kappa shape index (κ2) is 5.47. The van der Waals surface area contributed by atoms with Crippen molar-refractivity contribution in [3.05, 3.63) is 0 Å². The molecule has 4 heteroatoms. The molecule has 1 heterocycles. The Labute approximate surface area is 109 Å². The van der Waals surface area contributed by atoms with Crippen molar-refractivity contribution < 1.29 is 9.53 Å². The number of nitrogens with zero attached hydrogens (tertiary/aromatic N) is 1. The van der Waals surface area contributed by atoms with Gasteiger partial charge in [0.25, 0.3) is 0 Å².